The van der Waals surface area contributed by atoms with Gasteiger partial charge in [0, 0.05) is 21.7 Å². The average molecular weight is 340 g/mol. The van der Waals surface area contributed by atoms with Crippen LogP contribution in [-0.4, -0.2) is 9.97 Å². The Balaban J connectivity index is 2.06. The van der Waals surface area contributed by atoms with Crippen LogP contribution in [0.5, 0.6) is 0 Å². The van der Waals surface area contributed by atoms with E-state index in [2.05, 4.69) is 64.1 Å². The zero-order valence-corrected chi connectivity index (χ0v) is 13.8. The van der Waals surface area contributed by atoms with Crippen molar-refractivity contribution in [2.24, 2.45) is 0 Å². The van der Waals surface area contributed by atoms with Gasteiger partial charge in [-0.15, -0.1) is 11.3 Å². The molecular weight excluding hydrogens is 322 g/mol. The Bertz CT molecular complexity index is 551. The molecule has 3 nitrogen and oxygen atoms in total. The van der Waals surface area contributed by atoms with Gasteiger partial charge in [0.2, 0.25) is 0 Å². The first-order valence-electron chi connectivity index (χ1n) is 6.44. The third-order valence-electron chi connectivity index (χ3n) is 2.74. The molecule has 0 spiro atoms. The van der Waals surface area contributed by atoms with Crippen LogP contribution in [0.2, 0.25) is 0 Å². The highest BCUT2D eigenvalue weighted by atomic mass is 79.9. The maximum Gasteiger partial charge on any atom is 0.134 e. The van der Waals surface area contributed by atoms with Crippen LogP contribution < -0.4 is 5.32 Å². The number of hydrogen-bond acceptors (Lipinski definition) is 4. The van der Waals surface area contributed by atoms with Gasteiger partial charge in [-0.05, 0) is 34.5 Å². The average Bonchev–Trinajstić information content (AvgIpc) is 2.83. The lowest BCUT2D eigenvalue weighted by Crippen LogP contribution is -2.05. The summed E-state index contributed by atoms with van der Waals surface area (Å²) < 4.78 is 0.828. The predicted molar refractivity (Wildman–Crippen MR) is 84.8 cm³/mol. The fourth-order valence-corrected chi connectivity index (χ4v) is 2.97. The van der Waals surface area contributed by atoms with E-state index in [0.717, 1.165) is 29.2 Å². The van der Waals surface area contributed by atoms with E-state index in [-0.39, 0.29) is 0 Å². The van der Waals surface area contributed by atoms with Gasteiger partial charge in [-0.3, -0.25) is 0 Å². The number of nitrogens with one attached hydrogen (secondary N) is 1. The molecule has 0 aliphatic rings. The smallest absolute Gasteiger partial charge is 0.134 e. The summed E-state index contributed by atoms with van der Waals surface area (Å²) in [7, 11) is 0. The van der Waals surface area contributed by atoms with Crippen molar-refractivity contribution in [3.63, 3.8) is 0 Å². The maximum atomic E-state index is 4.53. The number of hydrogen-bond donors (Lipinski definition) is 1. The number of anilines is 1. The molecule has 0 radical (unpaired) electrons. The second-order valence-corrected chi connectivity index (χ2v) is 6.73. The number of nitrogens with zero attached hydrogens (tertiary/aromatic N) is 2. The molecule has 0 saturated carbocycles. The molecule has 19 heavy (non-hydrogen) atoms. The molecule has 0 aliphatic carbocycles. The number of rotatable bonds is 5. The molecular formula is C14H18BrN3S. The summed E-state index contributed by atoms with van der Waals surface area (Å²) in [5.74, 6) is 2.06. The normalized spacial score (nSPS) is 11.0. The van der Waals surface area contributed by atoms with E-state index in [1.54, 1.807) is 0 Å². The topological polar surface area (TPSA) is 37.8 Å². The monoisotopic (exact) mass is 339 g/mol. The lowest BCUT2D eigenvalue weighted by atomic mass is 10.2. The van der Waals surface area contributed by atoms with Crippen LogP contribution in [0, 0.1) is 0 Å². The Morgan fingerprint density at radius 1 is 1.26 bits per heavy atom. The van der Waals surface area contributed by atoms with Gasteiger partial charge in [-0.2, -0.15) is 0 Å². The molecule has 0 fully saturated rings. The number of halogens is 1. The van der Waals surface area contributed by atoms with Crippen LogP contribution >= 0.6 is 27.3 Å². The largest absolute Gasteiger partial charge is 0.365 e. The molecule has 102 valence electrons. The quantitative estimate of drug-likeness (QED) is 0.809. The van der Waals surface area contributed by atoms with Crippen molar-refractivity contribution in [2.45, 2.75) is 39.7 Å². The second kappa shape index (κ2) is 6.48. The van der Waals surface area contributed by atoms with E-state index in [1.165, 1.54) is 9.75 Å². The zero-order valence-electron chi connectivity index (χ0n) is 11.4. The summed E-state index contributed by atoms with van der Waals surface area (Å²) in [4.78, 5) is 11.7. The van der Waals surface area contributed by atoms with Crippen LogP contribution in [0.1, 0.15) is 42.3 Å². The highest BCUT2D eigenvalue weighted by Gasteiger charge is 2.07. The maximum absolute atomic E-state index is 4.53. The van der Waals surface area contributed by atoms with Gasteiger partial charge in [-0.25, -0.2) is 9.97 Å². The van der Waals surface area contributed by atoms with Crippen molar-refractivity contribution in [1.82, 2.24) is 9.97 Å². The van der Waals surface area contributed by atoms with E-state index in [0.29, 0.717) is 5.92 Å². The third-order valence-corrected chi connectivity index (χ3v) is 4.37. The molecule has 0 aromatic carbocycles. The molecule has 0 atom stereocenters. The van der Waals surface area contributed by atoms with Crippen molar-refractivity contribution < 1.29 is 0 Å². The van der Waals surface area contributed by atoms with E-state index in [9.17, 15) is 0 Å². The van der Waals surface area contributed by atoms with E-state index in [4.69, 9.17) is 0 Å². The SMILES string of the molecule is CCc1ccc(CNc2cc(Br)nc(C(C)C)n2)s1. The van der Waals surface area contributed by atoms with Gasteiger partial charge < -0.3 is 5.32 Å². The lowest BCUT2D eigenvalue weighted by molar-refractivity contribution is 0.769. The van der Waals surface area contributed by atoms with Crippen LogP contribution in [0.4, 0.5) is 5.82 Å². The van der Waals surface area contributed by atoms with Crippen molar-refractivity contribution >= 4 is 33.1 Å². The summed E-state index contributed by atoms with van der Waals surface area (Å²) >= 11 is 5.28. The first kappa shape index (κ1) is 14.5. The predicted octanol–water partition coefficient (Wildman–Crippen LogP) is 4.60. The fourth-order valence-electron chi connectivity index (χ4n) is 1.67. The lowest BCUT2D eigenvalue weighted by Gasteiger charge is -2.09. The molecule has 0 unspecified atom stereocenters. The fraction of sp³-hybridized carbons (Fsp3) is 0.429. The Morgan fingerprint density at radius 3 is 2.63 bits per heavy atom. The molecule has 2 aromatic rings. The first-order valence-corrected chi connectivity index (χ1v) is 8.05. The van der Waals surface area contributed by atoms with Gasteiger partial charge >= 0.3 is 0 Å². The molecule has 0 bridgehead atoms. The van der Waals surface area contributed by atoms with Gasteiger partial charge in [-0.1, -0.05) is 20.8 Å². The summed E-state index contributed by atoms with van der Waals surface area (Å²) in [6.07, 6.45) is 1.10. The second-order valence-electron chi connectivity index (χ2n) is 4.66. The molecule has 0 amide bonds. The summed E-state index contributed by atoms with van der Waals surface area (Å²) in [5, 5.41) is 3.36. The first-order chi connectivity index (χ1) is 9.08. The molecule has 2 rings (SSSR count). The van der Waals surface area contributed by atoms with Crippen molar-refractivity contribution in [1.29, 1.82) is 0 Å². The molecule has 5 heteroatoms. The highest BCUT2D eigenvalue weighted by molar-refractivity contribution is 9.10. The van der Waals surface area contributed by atoms with Crippen LogP contribution in [0.3, 0.4) is 0 Å². The summed E-state index contributed by atoms with van der Waals surface area (Å²) in [5.41, 5.74) is 0. The van der Waals surface area contributed by atoms with Crippen molar-refractivity contribution in [3.05, 3.63) is 38.4 Å². The van der Waals surface area contributed by atoms with Gasteiger partial charge in [0.15, 0.2) is 0 Å². The van der Waals surface area contributed by atoms with E-state index >= 15 is 0 Å². The van der Waals surface area contributed by atoms with Crippen LogP contribution in [0.25, 0.3) is 0 Å². The van der Waals surface area contributed by atoms with E-state index in [1.807, 2.05) is 17.4 Å². The Morgan fingerprint density at radius 2 is 2.00 bits per heavy atom. The third kappa shape index (κ3) is 4.01. The standard InChI is InChI=1S/C14H18BrN3S/c1-4-10-5-6-11(19-10)8-16-13-7-12(15)17-14(18-13)9(2)3/h5-7,9H,4,8H2,1-3H3,(H,16,17,18). The molecule has 2 aromatic heterocycles. The van der Waals surface area contributed by atoms with Crippen molar-refractivity contribution in [3.8, 4) is 0 Å². The van der Waals surface area contributed by atoms with Gasteiger partial charge in [0.05, 0.1) is 6.54 Å². The zero-order chi connectivity index (χ0) is 13.8. The highest BCUT2D eigenvalue weighted by Crippen LogP contribution is 2.20. The number of thiophene rings is 1. The minimum Gasteiger partial charge on any atom is -0.365 e. The number of aromatic nitrogens is 2. The molecule has 0 aliphatic heterocycles. The van der Waals surface area contributed by atoms with Crippen molar-refractivity contribution in [2.75, 3.05) is 5.32 Å². The Labute approximate surface area is 126 Å². The van der Waals surface area contributed by atoms with Crippen LogP contribution in [0.15, 0.2) is 22.8 Å². The molecule has 1 N–H and O–H groups in total. The van der Waals surface area contributed by atoms with Gasteiger partial charge in [0.25, 0.3) is 0 Å². The molecule has 0 saturated heterocycles. The summed E-state index contributed by atoms with van der Waals surface area (Å²) in [6.45, 7) is 7.18. The minimum atomic E-state index is 0.325. The van der Waals surface area contributed by atoms with Gasteiger partial charge in [0.1, 0.15) is 16.2 Å². The Hall–Kier alpha value is -0.940. The minimum absolute atomic E-state index is 0.325. The summed E-state index contributed by atoms with van der Waals surface area (Å²) in [6, 6.07) is 6.29. The number of aryl methyl sites for hydroxylation is 1. The van der Waals surface area contributed by atoms with Crippen LogP contribution in [-0.2, 0) is 13.0 Å². The van der Waals surface area contributed by atoms with E-state index < -0.39 is 0 Å². The molecule has 2 heterocycles. The Kier molecular flexibility index (Phi) is 4.93.